The number of thioether (sulfide) groups is 1. The summed E-state index contributed by atoms with van der Waals surface area (Å²) in [5, 5.41) is 16.8. The van der Waals surface area contributed by atoms with Gasteiger partial charge < -0.3 is 20.6 Å². The Kier molecular flexibility index (Phi) is 8.46. The highest BCUT2D eigenvalue weighted by molar-refractivity contribution is 9.09. The molecule has 3 saturated heterocycles. The van der Waals surface area contributed by atoms with Gasteiger partial charge in [-0.1, -0.05) is 85.8 Å². The van der Waals surface area contributed by atoms with Gasteiger partial charge in [-0.25, -0.2) is 0 Å². The lowest BCUT2D eigenvalue weighted by molar-refractivity contribution is -0.144. The third-order valence-corrected chi connectivity index (χ3v) is 12.6. The molecule has 3 heterocycles. The Hall–Kier alpha value is -1.58. The normalized spacial score (nSPS) is 34.2. The molecule has 1 saturated carbocycles. The zero-order chi connectivity index (χ0) is 27.0. The third kappa shape index (κ3) is 4.81. The van der Waals surface area contributed by atoms with E-state index in [1.165, 1.54) is 6.42 Å². The fourth-order valence-electron chi connectivity index (χ4n) is 7.27. The number of hydrogen-bond acceptors (Lipinski definition) is 5. The van der Waals surface area contributed by atoms with Gasteiger partial charge in [-0.05, 0) is 30.7 Å². The second kappa shape index (κ2) is 11.5. The molecule has 3 amide bonds. The molecule has 0 aromatic heterocycles. The first-order chi connectivity index (χ1) is 18.3. The molecular weight excluding hydrogens is 566 g/mol. The molecular formula is C29H40BrN3O4S. The number of alkyl halides is 1. The number of amides is 3. The molecule has 3 N–H and O–H groups in total. The standard InChI is InChI=1S/C29H40BrN3O4S/c1-3-17(2)21(16-34)33-25(27(36)32-19-12-8-5-9-13-19)29-14-20(30)24(38-29)22(23(29)28(33)37)26(35)31-15-18-10-6-4-7-11-18/h4,6-7,10-11,17,19-25,34H,3,5,8-9,12-16H2,1-2H3,(H,31,35)(H,32,36)/t17-,20?,21-,22-,23-,24-,25?,29?/m0/s1. The second-order valence-corrected chi connectivity index (χ2v) is 14.3. The molecule has 3 unspecified atom stereocenters. The Bertz CT molecular complexity index is 1040. The largest absolute Gasteiger partial charge is 0.394 e. The molecule has 3 aliphatic heterocycles. The summed E-state index contributed by atoms with van der Waals surface area (Å²) in [6.45, 7) is 4.26. The number of rotatable bonds is 9. The number of benzene rings is 1. The molecule has 38 heavy (non-hydrogen) atoms. The van der Waals surface area contributed by atoms with E-state index in [0.717, 1.165) is 37.7 Å². The van der Waals surface area contributed by atoms with Crippen LogP contribution in [0.5, 0.6) is 0 Å². The third-order valence-electron chi connectivity index (χ3n) is 9.38. The van der Waals surface area contributed by atoms with Crippen molar-refractivity contribution in [3.05, 3.63) is 35.9 Å². The SMILES string of the molecule is CC[C@H](C)[C@H](CO)N1C(=O)[C@@H]2[C@H](C(=O)NCc3ccccc3)[C@H]3SC2(CC3Br)C1C(=O)NC1CCCCC1. The van der Waals surface area contributed by atoms with Crippen LogP contribution in [-0.2, 0) is 20.9 Å². The molecule has 0 radical (unpaired) electrons. The summed E-state index contributed by atoms with van der Waals surface area (Å²) in [6.07, 6.45) is 6.73. The molecule has 1 spiro atoms. The molecule has 1 aromatic carbocycles. The number of nitrogens with zero attached hydrogens (tertiary/aromatic N) is 1. The molecule has 208 valence electrons. The first-order valence-electron chi connectivity index (χ1n) is 14.2. The average Bonchev–Trinajstić information content (AvgIpc) is 3.52. The summed E-state index contributed by atoms with van der Waals surface area (Å²) in [5.74, 6) is -1.48. The van der Waals surface area contributed by atoms with Gasteiger partial charge >= 0.3 is 0 Å². The smallest absolute Gasteiger partial charge is 0.244 e. The Morgan fingerprint density at radius 3 is 2.55 bits per heavy atom. The van der Waals surface area contributed by atoms with Crippen LogP contribution in [0.4, 0.5) is 0 Å². The number of hydrogen-bond donors (Lipinski definition) is 3. The highest BCUT2D eigenvalue weighted by Crippen LogP contribution is 2.68. The van der Waals surface area contributed by atoms with Crippen molar-refractivity contribution in [2.24, 2.45) is 17.8 Å². The van der Waals surface area contributed by atoms with Gasteiger partial charge in [-0.3, -0.25) is 14.4 Å². The lowest BCUT2D eigenvalue weighted by atomic mass is 9.70. The van der Waals surface area contributed by atoms with Crippen LogP contribution in [0, 0.1) is 17.8 Å². The summed E-state index contributed by atoms with van der Waals surface area (Å²) in [6, 6.07) is 8.72. The molecule has 1 aliphatic carbocycles. The first-order valence-corrected chi connectivity index (χ1v) is 16.0. The molecule has 2 bridgehead atoms. The minimum Gasteiger partial charge on any atom is -0.394 e. The van der Waals surface area contributed by atoms with Crippen LogP contribution in [0.2, 0.25) is 0 Å². The van der Waals surface area contributed by atoms with Crippen molar-refractivity contribution >= 4 is 45.4 Å². The van der Waals surface area contributed by atoms with Gasteiger partial charge in [0.15, 0.2) is 0 Å². The Morgan fingerprint density at radius 1 is 1.18 bits per heavy atom. The minimum atomic E-state index is -0.699. The Balaban J connectivity index is 1.47. The van der Waals surface area contributed by atoms with E-state index in [1.807, 2.05) is 44.2 Å². The van der Waals surface area contributed by atoms with Crippen LogP contribution < -0.4 is 10.6 Å². The van der Waals surface area contributed by atoms with E-state index in [0.29, 0.717) is 13.0 Å². The molecule has 9 heteroatoms. The van der Waals surface area contributed by atoms with Crippen molar-refractivity contribution in [2.45, 2.75) is 98.3 Å². The van der Waals surface area contributed by atoms with E-state index in [1.54, 1.807) is 16.7 Å². The number of aliphatic hydroxyl groups excluding tert-OH is 1. The van der Waals surface area contributed by atoms with Gasteiger partial charge in [0.05, 0.1) is 29.2 Å². The highest BCUT2D eigenvalue weighted by Gasteiger charge is 2.76. The van der Waals surface area contributed by atoms with Crippen LogP contribution in [0.1, 0.15) is 64.4 Å². The molecule has 1 aromatic rings. The van der Waals surface area contributed by atoms with Gasteiger partial charge in [0, 0.05) is 22.7 Å². The monoisotopic (exact) mass is 605 g/mol. The number of likely N-dealkylation sites (tertiary alicyclic amines) is 1. The van der Waals surface area contributed by atoms with Crippen LogP contribution in [-0.4, -0.2) is 67.3 Å². The van der Waals surface area contributed by atoms with E-state index in [2.05, 4.69) is 26.6 Å². The summed E-state index contributed by atoms with van der Waals surface area (Å²) >= 11 is 5.49. The molecule has 7 nitrogen and oxygen atoms in total. The van der Waals surface area contributed by atoms with Crippen molar-refractivity contribution < 1.29 is 19.5 Å². The maximum absolute atomic E-state index is 14.3. The lowest BCUT2D eigenvalue weighted by Crippen LogP contribution is -2.59. The summed E-state index contributed by atoms with van der Waals surface area (Å²) in [4.78, 5) is 43.9. The van der Waals surface area contributed by atoms with Gasteiger partial charge in [-0.2, -0.15) is 0 Å². The molecule has 4 fully saturated rings. The molecule has 4 aliphatic rings. The van der Waals surface area contributed by atoms with Gasteiger partial charge in [0.2, 0.25) is 17.7 Å². The fraction of sp³-hybridized carbons (Fsp3) is 0.690. The summed E-state index contributed by atoms with van der Waals surface area (Å²) in [7, 11) is 0. The number of fused-ring (bicyclic) bond motifs is 1. The van der Waals surface area contributed by atoms with Gasteiger partial charge in [0.25, 0.3) is 0 Å². The van der Waals surface area contributed by atoms with E-state index in [9.17, 15) is 19.5 Å². The predicted molar refractivity (Wildman–Crippen MR) is 153 cm³/mol. The van der Waals surface area contributed by atoms with Crippen LogP contribution in [0.15, 0.2) is 30.3 Å². The van der Waals surface area contributed by atoms with Crippen molar-refractivity contribution in [3.63, 3.8) is 0 Å². The zero-order valence-corrected chi connectivity index (χ0v) is 24.7. The highest BCUT2D eigenvalue weighted by atomic mass is 79.9. The average molecular weight is 607 g/mol. The van der Waals surface area contributed by atoms with Crippen LogP contribution in [0.25, 0.3) is 0 Å². The fourth-order valence-corrected chi connectivity index (χ4v) is 10.9. The maximum atomic E-state index is 14.3. The number of aliphatic hydroxyl groups is 1. The predicted octanol–water partition coefficient (Wildman–Crippen LogP) is 3.62. The second-order valence-electron chi connectivity index (χ2n) is 11.6. The van der Waals surface area contributed by atoms with Crippen LogP contribution in [0.3, 0.4) is 0 Å². The number of carbonyl (C=O) groups excluding carboxylic acids is 3. The van der Waals surface area contributed by atoms with Crippen molar-refractivity contribution in [1.82, 2.24) is 15.5 Å². The minimum absolute atomic E-state index is 0.0245. The number of nitrogens with one attached hydrogen (secondary N) is 2. The topological polar surface area (TPSA) is 98.7 Å². The van der Waals surface area contributed by atoms with Crippen molar-refractivity contribution in [1.29, 1.82) is 0 Å². The van der Waals surface area contributed by atoms with Gasteiger partial charge in [-0.15, -0.1) is 11.8 Å². The van der Waals surface area contributed by atoms with Crippen molar-refractivity contribution in [2.75, 3.05) is 6.61 Å². The Morgan fingerprint density at radius 2 is 1.89 bits per heavy atom. The van der Waals surface area contributed by atoms with E-state index in [-0.39, 0.29) is 46.4 Å². The van der Waals surface area contributed by atoms with Crippen molar-refractivity contribution in [3.8, 4) is 0 Å². The van der Waals surface area contributed by atoms with Crippen LogP contribution >= 0.6 is 27.7 Å². The Labute approximate surface area is 238 Å². The quantitative estimate of drug-likeness (QED) is 0.373. The van der Waals surface area contributed by atoms with E-state index in [4.69, 9.17) is 0 Å². The molecule has 8 atom stereocenters. The lowest BCUT2D eigenvalue weighted by Gasteiger charge is -2.40. The number of carbonyl (C=O) groups is 3. The zero-order valence-electron chi connectivity index (χ0n) is 22.3. The number of halogens is 1. The van der Waals surface area contributed by atoms with Gasteiger partial charge in [0.1, 0.15) is 6.04 Å². The maximum Gasteiger partial charge on any atom is 0.244 e. The summed E-state index contributed by atoms with van der Waals surface area (Å²) in [5.41, 5.74) is 1.00. The van der Waals surface area contributed by atoms with E-state index >= 15 is 0 Å². The molecule has 5 rings (SSSR count). The van der Waals surface area contributed by atoms with E-state index < -0.39 is 28.7 Å². The first kappa shape index (κ1) is 28.0. The summed E-state index contributed by atoms with van der Waals surface area (Å²) < 4.78 is -0.690.